The van der Waals surface area contributed by atoms with Crippen molar-refractivity contribution in [2.24, 2.45) is 0 Å². The Morgan fingerprint density at radius 1 is 1.07 bits per heavy atom. The van der Waals surface area contributed by atoms with Gasteiger partial charge in [0.2, 0.25) is 5.82 Å². The van der Waals surface area contributed by atoms with Crippen LogP contribution in [0.25, 0.3) is 10.8 Å². The van der Waals surface area contributed by atoms with Crippen LogP contribution < -0.4 is 15.8 Å². The fourth-order valence-electron chi connectivity index (χ4n) is 5.54. The third-order valence-electron chi connectivity index (χ3n) is 7.84. The predicted octanol–water partition coefficient (Wildman–Crippen LogP) is 3.89. The highest BCUT2D eigenvalue weighted by Crippen LogP contribution is 2.56. The monoisotopic (exact) mass is 639 g/mol. The topological polar surface area (TPSA) is 149 Å². The second-order valence-electron chi connectivity index (χ2n) is 10.8. The lowest BCUT2D eigenvalue weighted by Crippen LogP contribution is -2.38. The molecule has 14 heteroatoms. The largest absolute Gasteiger partial charge is 0.462 e. The maximum Gasteiger partial charge on any atom is 0.462 e. The molecule has 2 aliphatic heterocycles. The van der Waals surface area contributed by atoms with E-state index in [4.69, 9.17) is 18.5 Å². The number of rotatable bonds is 10. The van der Waals surface area contributed by atoms with E-state index >= 15 is 0 Å². The van der Waals surface area contributed by atoms with Gasteiger partial charge in [-0.3, -0.25) is 23.7 Å². The van der Waals surface area contributed by atoms with Crippen LogP contribution in [0.3, 0.4) is 0 Å². The quantitative estimate of drug-likeness (QED) is 0.193. The number of benzene rings is 3. The van der Waals surface area contributed by atoms with Crippen LogP contribution in [-0.2, 0) is 30.0 Å². The zero-order chi connectivity index (χ0) is 31.6. The summed E-state index contributed by atoms with van der Waals surface area (Å²) in [5.41, 5.74) is -1.30. The van der Waals surface area contributed by atoms with Gasteiger partial charge >= 0.3 is 19.4 Å². The van der Waals surface area contributed by atoms with Gasteiger partial charge in [0.05, 0.1) is 18.9 Å². The molecule has 2 saturated heterocycles. The van der Waals surface area contributed by atoms with Crippen LogP contribution in [0.4, 0.5) is 4.39 Å². The van der Waals surface area contributed by atoms with Crippen LogP contribution in [0.1, 0.15) is 31.1 Å². The average Bonchev–Trinajstić information content (AvgIpc) is 3.69. The van der Waals surface area contributed by atoms with E-state index in [0.29, 0.717) is 24.4 Å². The van der Waals surface area contributed by atoms with Crippen molar-refractivity contribution in [2.45, 2.75) is 50.3 Å². The highest BCUT2D eigenvalue weighted by molar-refractivity contribution is 7.51. The number of nitrogens with zero attached hydrogens (tertiary/aromatic N) is 2. The Morgan fingerprint density at radius 2 is 1.82 bits per heavy atom. The summed E-state index contributed by atoms with van der Waals surface area (Å²) in [5, 5.41) is 12.2. The van der Waals surface area contributed by atoms with Crippen molar-refractivity contribution in [2.75, 3.05) is 13.2 Å². The molecule has 0 bridgehead atoms. The van der Waals surface area contributed by atoms with Crippen LogP contribution in [0.5, 0.6) is 5.75 Å². The van der Waals surface area contributed by atoms with Crippen LogP contribution in [-0.4, -0.2) is 56.7 Å². The van der Waals surface area contributed by atoms with Gasteiger partial charge in [-0.15, -0.1) is 0 Å². The molecule has 45 heavy (non-hydrogen) atoms. The number of aromatic amines is 1. The number of carbonyl (C=O) groups excluding carboxylic acids is 1. The maximum atomic E-state index is 14.8. The van der Waals surface area contributed by atoms with Gasteiger partial charge in [0, 0.05) is 18.4 Å². The summed E-state index contributed by atoms with van der Waals surface area (Å²) in [6.45, 7) is -0.216. The van der Waals surface area contributed by atoms with Crippen molar-refractivity contribution in [1.82, 2.24) is 14.2 Å². The Bertz CT molecular complexity index is 1840. The first-order chi connectivity index (χ1) is 21.7. The molecule has 1 aromatic heterocycles. The normalized spacial score (nSPS) is 23.2. The van der Waals surface area contributed by atoms with Crippen molar-refractivity contribution in [1.29, 1.82) is 0 Å². The number of halogens is 1. The molecule has 5 atom stereocenters. The summed E-state index contributed by atoms with van der Waals surface area (Å²) in [5.74, 6) is -1.52. The van der Waals surface area contributed by atoms with Gasteiger partial charge in [0.25, 0.3) is 5.56 Å². The van der Waals surface area contributed by atoms with Crippen molar-refractivity contribution < 1.29 is 37.4 Å². The molecule has 0 spiro atoms. The lowest BCUT2D eigenvalue weighted by Gasteiger charge is -2.31. The van der Waals surface area contributed by atoms with E-state index in [0.717, 1.165) is 15.5 Å². The molecule has 12 nitrogen and oxygen atoms in total. The minimum absolute atomic E-state index is 0.0353. The first-order valence-electron chi connectivity index (χ1n) is 14.5. The molecule has 0 aliphatic carbocycles. The molecule has 236 valence electrons. The van der Waals surface area contributed by atoms with Crippen LogP contribution in [0.2, 0.25) is 0 Å². The smallest absolute Gasteiger partial charge is 0.460 e. The highest BCUT2D eigenvalue weighted by Gasteiger charge is 2.48. The number of esters is 1. The second kappa shape index (κ2) is 13.1. The number of H-pyrrole nitrogens is 1. The Kier molecular flexibility index (Phi) is 8.97. The molecule has 2 N–H and O–H groups in total. The lowest BCUT2D eigenvalue weighted by molar-refractivity contribution is -0.149. The zero-order valence-corrected chi connectivity index (χ0v) is 24.9. The molecular formula is C31H31FN3O9P. The minimum Gasteiger partial charge on any atom is -0.460 e. The summed E-state index contributed by atoms with van der Waals surface area (Å²) in [6.07, 6.45) is -2.00. The van der Waals surface area contributed by atoms with E-state index in [1.807, 2.05) is 59.6 Å². The molecule has 3 aromatic carbocycles. The van der Waals surface area contributed by atoms with Gasteiger partial charge in [-0.2, -0.15) is 9.06 Å². The number of hydrogen-bond acceptors (Lipinski definition) is 9. The van der Waals surface area contributed by atoms with E-state index in [-0.39, 0.29) is 25.3 Å². The van der Waals surface area contributed by atoms with Crippen LogP contribution in [0, 0.1) is 5.82 Å². The molecule has 2 fully saturated rings. The fourth-order valence-corrected chi connectivity index (χ4v) is 7.53. The van der Waals surface area contributed by atoms with Gasteiger partial charge in [0.1, 0.15) is 30.7 Å². The number of carbonyl (C=O) groups is 1. The first kappa shape index (κ1) is 30.9. The van der Waals surface area contributed by atoms with Crippen molar-refractivity contribution in [3.63, 3.8) is 0 Å². The molecule has 3 heterocycles. The maximum absolute atomic E-state index is 14.8. The van der Waals surface area contributed by atoms with Crippen LogP contribution in [0.15, 0.2) is 88.6 Å². The Hall–Kier alpha value is -4.13. The third kappa shape index (κ3) is 6.63. The van der Waals surface area contributed by atoms with E-state index in [2.05, 4.69) is 0 Å². The number of ether oxygens (including phenoxy) is 2. The number of aliphatic hydroxyl groups is 1. The lowest BCUT2D eigenvalue weighted by atomic mass is 10.1. The van der Waals surface area contributed by atoms with E-state index in [1.54, 1.807) is 18.2 Å². The Balaban J connectivity index is 1.25. The number of fused-ring (bicyclic) bond motifs is 1. The molecule has 0 saturated carbocycles. The standard InChI is InChI=1S/C31H31FN3O9P/c32-23-17-34(31(39)33-29(23)37)28-16-25(36)27(43-28)19-42-45(40,44-26-14-6-11-21-10-4-5-12-22(21)26)35-15-7-13-24(35)30(38)41-18-20-8-2-1-3-9-20/h1-6,8-12,14,17,24-25,27-28,36H,7,13,15-16,18-19H2,(H,33,37,39)/t24?,25-,27?,28-,45?/m1/s1. The molecular weight excluding hydrogens is 608 g/mol. The zero-order valence-electron chi connectivity index (χ0n) is 24.0. The molecule has 0 amide bonds. The molecule has 3 unspecified atom stereocenters. The summed E-state index contributed by atoms with van der Waals surface area (Å²) in [7, 11) is -4.33. The first-order valence-corrected chi connectivity index (χ1v) is 16.0. The summed E-state index contributed by atoms with van der Waals surface area (Å²) >= 11 is 0. The average molecular weight is 640 g/mol. The number of aromatic nitrogens is 2. The predicted molar refractivity (Wildman–Crippen MR) is 160 cm³/mol. The summed E-state index contributed by atoms with van der Waals surface area (Å²) in [4.78, 5) is 38.9. The molecule has 4 aromatic rings. The van der Waals surface area contributed by atoms with Gasteiger partial charge < -0.3 is 19.1 Å². The van der Waals surface area contributed by atoms with Crippen molar-refractivity contribution >= 4 is 24.5 Å². The van der Waals surface area contributed by atoms with E-state index < -0.39 is 61.9 Å². The summed E-state index contributed by atoms with van der Waals surface area (Å²) in [6, 6.07) is 20.8. The Morgan fingerprint density at radius 3 is 2.64 bits per heavy atom. The van der Waals surface area contributed by atoms with E-state index in [9.17, 15) is 28.4 Å². The molecule has 2 aliphatic rings. The molecule has 0 radical (unpaired) electrons. The highest BCUT2D eigenvalue weighted by atomic mass is 31.2. The van der Waals surface area contributed by atoms with Crippen molar-refractivity contribution in [3.05, 3.63) is 111 Å². The number of hydrogen-bond donors (Lipinski definition) is 2. The van der Waals surface area contributed by atoms with E-state index in [1.165, 1.54) is 4.67 Å². The number of nitrogens with one attached hydrogen (secondary N) is 1. The minimum atomic E-state index is -4.33. The summed E-state index contributed by atoms with van der Waals surface area (Å²) < 4.78 is 54.4. The van der Waals surface area contributed by atoms with Gasteiger partial charge in [-0.25, -0.2) is 9.36 Å². The second-order valence-corrected chi connectivity index (χ2v) is 12.7. The Labute approximate surface area is 256 Å². The third-order valence-corrected chi connectivity index (χ3v) is 9.85. The van der Waals surface area contributed by atoms with Gasteiger partial charge in [-0.05, 0) is 29.9 Å². The SMILES string of the molecule is O=C(OCc1ccccc1)C1CCCN1P(=O)(OCC1O[C@@H](n2cc(F)c(=O)[nH]c2=O)C[C@H]1O)Oc1cccc2ccccc12. The van der Waals surface area contributed by atoms with Crippen LogP contribution >= 0.6 is 7.75 Å². The van der Waals surface area contributed by atoms with Gasteiger partial charge in [0.15, 0.2) is 0 Å². The van der Waals surface area contributed by atoms with Gasteiger partial charge in [-0.1, -0.05) is 66.7 Å². The number of aliphatic hydroxyl groups excluding tert-OH is 1. The van der Waals surface area contributed by atoms with Crippen molar-refractivity contribution in [3.8, 4) is 5.75 Å². The fraction of sp³-hybridized carbons (Fsp3) is 0.323. The molecule has 6 rings (SSSR count).